The fourth-order valence-corrected chi connectivity index (χ4v) is 4.76. The Hall–Kier alpha value is -0.670. The summed E-state index contributed by atoms with van der Waals surface area (Å²) in [5, 5.41) is 3.66. The zero-order chi connectivity index (χ0) is 13.7. The van der Waals surface area contributed by atoms with Crippen LogP contribution in [0.1, 0.15) is 49.8 Å². The van der Waals surface area contributed by atoms with Crippen molar-refractivity contribution in [3.05, 3.63) is 35.4 Å². The molecule has 1 aromatic carbocycles. The van der Waals surface area contributed by atoms with Gasteiger partial charge in [-0.05, 0) is 37.4 Å². The third-order valence-electron chi connectivity index (χ3n) is 4.06. The van der Waals surface area contributed by atoms with Gasteiger partial charge in [0.2, 0.25) is 0 Å². The summed E-state index contributed by atoms with van der Waals surface area (Å²) < 4.78 is 12.5. The lowest BCUT2D eigenvalue weighted by Crippen LogP contribution is -2.37. The maximum Gasteiger partial charge on any atom is 0.0546 e. The van der Waals surface area contributed by atoms with Gasteiger partial charge in [0, 0.05) is 22.6 Å². The molecule has 0 spiro atoms. The highest BCUT2D eigenvalue weighted by Gasteiger charge is 2.31. The Labute approximate surface area is 119 Å². The number of nitrogens with one attached hydrogen (secondary N) is 1. The van der Waals surface area contributed by atoms with Crippen LogP contribution in [0.25, 0.3) is 0 Å². The second-order valence-corrected chi connectivity index (χ2v) is 7.11. The van der Waals surface area contributed by atoms with Gasteiger partial charge >= 0.3 is 0 Å². The molecule has 0 radical (unpaired) electrons. The summed E-state index contributed by atoms with van der Waals surface area (Å²) in [5.41, 5.74) is 2.77. The van der Waals surface area contributed by atoms with Crippen molar-refractivity contribution >= 4 is 10.8 Å². The maximum absolute atomic E-state index is 12.5. The molecule has 1 aliphatic carbocycles. The molecule has 0 heterocycles. The van der Waals surface area contributed by atoms with Crippen LogP contribution < -0.4 is 5.32 Å². The minimum atomic E-state index is -0.708. The second kappa shape index (κ2) is 7.20. The van der Waals surface area contributed by atoms with E-state index in [1.807, 2.05) is 7.05 Å². The van der Waals surface area contributed by atoms with E-state index in [1.165, 1.54) is 24.0 Å². The van der Waals surface area contributed by atoms with E-state index < -0.39 is 10.8 Å². The highest BCUT2D eigenvalue weighted by Crippen LogP contribution is 2.32. The van der Waals surface area contributed by atoms with Gasteiger partial charge < -0.3 is 5.32 Å². The predicted octanol–water partition coefficient (Wildman–Crippen LogP) is 3.20. The molecule has 2 rings (SSSR count). The Kier molecular flexibility index (Phi) is 5.59. The Morgan fingerprint density at radius 3 is 2.84 bits per heavy atom. The molecule has 1 aromatic rings. The van der Waals surface area contributed by atoms with E-state index in [0.29, 0.717) is 0 Å². The van der Waals surface area contributed by atoms with Crippen molar-refractivity contribution in [2.75, 3.05) is 12.8 Å². The molecule has 3 unspecified atom stereocenters. The molecule has 0 aliphatic heterocycles. The quantitative estimate of drug-likeness (QED) is 0.810. The molecule has 0 bridgehead atoms. The molecule has 0 fully saturated rings. The molecule has 0 amide bonds. The van der Waals surface area contributed by atoms with Gasteiger partial charge in [-0.25, -0.2) is 0 Å². The van der Waals surface area contributed by atoms with Crippen LogP contribution >= 0.6 is 0 Å². The molecule has 2 nitrogen and oxygen atoms in total. The van der Waals surface area contributed by atoms with Gasteiger partial charge in [-0.3, -0.25) is 4.21 Å². The number of unbranched alkanes of at least 4 members (excludes halogenated alkanes) is 2. The van der Waals surface area contributed by atoms with Crippen LogP contribution in [0.5, 0.6) is 0 Å². The number of hydrogen-bond acceptors (Lipinski definition) is 2. The maximum atomic E-state index is 12.5. The van der Waals surface area contributed by atoms with Gasteiger partial charge in [0.15, 0.2) is 0 Å². The Bertz CT molecular complexity index is 433. The number of fused-ring (bicyclic) bond motifs is 1. The topological polar surface area (TPSA) is 29.1 Å². The molecule has 3 atom stereocenters. The SMILES string of the molecule is CCCCCS(=O)C1CCc2ccccc2C1NC. The van der Waals surface area contributed by atoms with Crippen LogP contribution in [0.3, 0.4) is 0 Å². The fraction of sp³-hybridized carbons (Fsp3) is 0.625. The van der Waals surface area contributed by atoms with Crippen LogP contribution in [0, 0.1) is 0 Å². The van der Waals surface area contributed by atoms with E-state index in [2.05, 4.69) is 36.5 Å². The number of rotatable bonds is 6. The van der Waals surface area contributed by atoms with E-state index >= 15 is 0 Å². The molecule has 106 valence electrons. The van der Waals surface area contributed by atoms with Crippen LogP contribution in [0.15, 0.2) is 24.3 Å². The highest BCUT2D eigenvalue weighted by molar-refractivity contribution is 7.85. The number of benzene rings is 1. The van der Waals surface area contributed by atoms with Crippen LogP contribution in [0.2, 0.25) is 0 Å². The summed E-state index contributed by atoms with van der Waals surface area (Å²) in [6.45, 7) is 2.19. The third-order valence-corrected chi connectivity index (χ3v) is 5.93. The van der Waals surface area contributed by atoms with Gasteiger partial charge in [0.1, 0.15) is 0 Å². The monoisotopic (exact) mass is 279 g/mol. The highest BCUT2D eigenvalue weighted by atomic mass is 32.2. The van der Waals surface area contributed by atoms with Crippen molar-refractivity contribution in [1.82, 2.24) is 5.32 Å². The van der Waals surface area contributed by atoms with Gasteiger partial charge in [0.25, 0.3) is 0 Å². The predicted molar refractivity (Wildman–Crippen MR) is 82.9 cm³/mol. The van der Waals surface area contributed by atoms with Gasteiger partial charge in [-0.15, -0.1) is 0 Å². The van der Waals surface area contributed by atoms with Crippen LogP contribution in [-0.2, 0) is 17.2 Å². The Morgan fingerprint density at radius 1 is 1.32 bits per heavy atom. The molecular formula is C16H25NOS. The molecule has 0 saturated heterocycles. The van der Waals surface area contributed by atoms with Gasteiger partial charge in [-0.1, -0.05) is 44.0 Å². The van der Waals surface area contributed by atoms with Gasteiger partial charge in [-0.2, -0.15) is 0 Å². The molecule has 1 N–H and O–H groups in total. The van der Waals surface area contributed by atoms with Gasteiger partial charge in [0.05, 0.1) is 5.25 Å². The summed E-state index contributed by atoms with van der Waals surface area (Å²) >= 11 is 0. The molecule has 0 saturated carbocycles. The summed E-state index contributed by atoms with van der Waals surface area (Å²) in [4.78, 5) is 0. The molecule has 1 aliphatic rings. The largest absolute Gasteiger partial charge is 0.312 e. The summed E-state index contributed by atoms with van der Waals surface area (Å²) in [7, 11) is 1.28. The minimum absolute atomic E-state index is 0.257. The average molecular weight is 279 g/mol. The lowest BCUT2D eigenvalue weighted by molar-refractivity contribution is 0.497. The standard InChI is InChI=1S/C16H25NOS/c1-3-4-7-12-19(18)15-11-10-13-8-5-6-9-14(13)16(15)17-2/h5-6,8-9,15-17H,3-4,7,10-12H2,1-2H3. The van der Waals surface area contributed by atoms with E-state index in [9.17, 15) is 4.21 Å². The average Bonchev–Trinajstić information content (AvgIpc) is 2.46. The van der Waals surface area contributed by atoms with E-state index in [4.69, 9.17) is 0 Å². The Morgan fingerprint density at radius 2 is 2.11 bits per heavy atom. The number of aryl methyl sites for hydroxylation is 1. The van der Waals surface area contributed by atoms with Crippen molar-refractivity contribution in [1.29, 1.82) is 0 Å². The minimum Gasteiger partial charge on any atom is -0.312 e. The summed E-state index contributed by atoms with van der Waals surface area (Å²) in [6.07, 6.45) is 5.59. The molecule has 3 heteroatoms. The lowest BCUT2D eigenvalue weighted by atomic mass is 9.87. The Balaban J connectivity index is 2.09. The molecule has 0 aromatic heterocycles. The van der Waals surface area contributed by atoms with Crippen molar-refractivity contribution in [3.63, 3.8) is 0 Å². The van der Waals surface area contributed by atoms with E-state index in [-0.39, 0.29) is 11.3 Å². The van der Waals surface area contributed by atoms with E-state index in [0.717, 1.165) is 25.0 Å². The smallest absolute Gasteiger partial charge is 0.0546 e. The first kappa shape index (κ1) is 14.7. The van der Waals surface area contributed by atoms with E-state index in [1.54, 1.807) is 0 Å². The fourth-order valence-electron chi connectivity index (χ4n) is 3.00. The van der Waals surface area contributed by atoms with Crippen LogP contribution in [-0.4, -0.2) is 22.3 Å². The lowest BCUT2D eigenvalue weighted by Gasteiger charge is -2.33. The number of hydrogen-bond donors (Lipinski definition) is 1. The van der Waals surface area contributed by atoms with Crippen molar-refractivity contribution in [2.45, 2.75) is 50.3 Å². The first-order chi connectivity index (χ1) is 9.27. The zero-order valence-corrected chi connectivity index (χ0v) is 12.8. The summed E-state index contributed by atoms with van der Waals surface area (Å²) in [5.74, 6) is 0.860. The van der Waals surface area contributed by atoms with Crippen molar-refractivity contribution < 1.29 is 4.21 Å². The second-order valence-electron chi connectivity index (χ2n) is 5.33. The molecule has 19 heavy (non-hydrogen) atoms. The molecular weight excluding hydrogens is 254 g/mol. The van der Waals surface area contributed by atoms with Crippen LogP contribution in [0.4, 0.5) is 0 Å². The third kappa shape index (κ3) is 3.46. The zero-order valence-electron chi connectivity index (χ0n) is 12.0. The first-order valence-corrected chi connectivity index (χ1v) is 8.78. The van der Waals surface area contributed by atoms with Crippen molar-refractivity contribution in [2.24, 2.45) is 0 Å². The normalized spacial score (nSPS) is 23.9. The summed E-state index contributed by atoms with van der Waals surface area (Å²) in [6, 6.07) is 8.84. The first-order valence-electron chi connectivity index (χ1n) is 7.40. The van der Waals surface area contributed by atoms with Crippen molar-refractivity contribution in [3.8, 4) is 0 Å².